The maximum atomic E-state index is 10.2. The summed E-state index contributed by atoms with van der Waals surface area (Å²) in [5, 5.41) is 8.41. The Hall–Kier alpha value is -0.790. The van der Waals surface area contributed by atoms with E-state index in [1.165, 1.54) is 51.0 Å². The van der Waals surface area contributed by atoms with Crippen molar-refractivity contribution in [1.29, 1.82) is 0 Å². The molecule has 2 heteroatoms. The summed E-state index contributed by atoms with van der Waals surface area (Å²) < 4.78 is 0. The van der Waals surface area contributed by atoms with Crippen molar-refractivity contribution in [3.8, 4) is 0 Å². The first-order valence-electron chi connectivity index (χ1n) is 7.13. The highest BCUT2D eigenvalue weighted by molar-refractivity contribution is 5.79. The summed E-state index contributed by atoms with van der Waals surface area (Å²) >= 11 is 0. The fourth-order valence-corrected chi connectivity index (χ4v) is 2.51. The highest BCUT2D eigenvalue weighted by atomic mass is 16.4. The van der Waals surface area contributed by atoms with Crippen molar-refractivity contribution in [2.45, 2.75) is 64.7 Å². The molecule has 98 valence electrons. The summed E-state index contributed by atoms with van der Waals surface area (Å²) in [4.78, 5) is 10.2. The lowest BCUT2D eigenvalue weighted by molar-refractivity contribution is -0.131. The predicted octanol–water partition coefficient (Wildman–Crippen LogP) is 4.40. The molecule has 0 aliphatic heterocycles. The first-order valence-corrected chi connectivity index (χ1v) is 7.13. The van der Waals surface area contributed by atoms with Crippen molar-refractivity contribution in [3.05, 3.63) is 12.2 Å². The second kappa shape index (κ2) is 8.32. The third kappa shape index (κ3) is 7.19. The number of carbonyl (C=O) groups is 1. The highest BCUT2D eigenvalue weighted by Gasteiger charge is 2.34. The van der Waals surface area contributed by atoms with E-state index in [0.29, 0.717) is 0 Å². The molecule has 17 heavy (non-hydrogen) atoms. The first kappa shape index (κ1) is 14.3. The van der Waals surface area contributed by atoms with Crippen LogP contribution >= 0.6 is 0 Å². The molecule has 1 rings (SSSR count). The van der Waals surface area contributed by atoms with E-state index in [1.807, 2.05) is 0 Å². The summed E-state index contributed by atoms with van der Waals surface area (Å²) in [6.45, 7) is 2.27. The molecule has 0 heterocycles. The Morgan fingerprint density at radius 3 is 2.53 bits per heavy atom. The van der Waals surface area contributed by atoms with Gasteiger partial charge in [-0.2, -0.15) is 0 Å². The zero-order valence-corrected chi connectivity index (χ0v) is 11.0. The monoisotopic (exact) mass is 238 g/mol. The molecule has 1 saturated carbocycles. The Labute approximate surface area is 105 Å². The Morgan fingerprint density at radius 2 is 1.88 bits per heavy atom. The predicted molar refractivity (Wildman–Crippen MR) is 71.0 cm³/mol. The lowest BCUT2D eigenvalue weighted by atomic mass is 10.1. The van der Waals surface area contributed by atoms with Crippen LogP contribution in [0.15, 0.2) is 12.2 Å². The smallest absolute Gasteiger partial charge is 0.327 e. The van der Waals surface area contributed by atoms with Crippen LogP contribution in [0.25, 0.3) is 0 Å². The van der Waals surface area contributed by atoms with E-state index in [-0.39, 0.29) is 0 Å². The number of rotatable bonds is 10. The number of allylic oxidation sites excluding steroid dienone is 1. The molecular weight excluding hydrogens is 212 g/mol. The van der Waals surface area contributed by atoms with Crippen molar-refractivity contribution in [2.24, 2.45) is 11.8 Å². The number of hydrogen-bond acceptors (Lipinski definition) is 1. The fourth-order valence-electron chi connectivity index (χ4n) is 2.51. The van der Waals surface area contributed by atoms with Gasteiger partial charge in [0, 0.05) is 6.08 Å². The maximum absolute atomic E-state index is 10.2. The quantitative estimate of drug-likeness (QED) is 0.452. The number of unbranched alkanes of at least 4 members (excludes halogenated alkanes) is 4. The van der Waals surface area contributed by atoms with Gasteiger partial charge in [0.1, 0.15) is 0 Å². The van der Waals surface area contributed by atoms with Crippen LogP contribution in [0.2, 0.25) is 0 Å². The zero-order chi connectivity index (χ0) is 12.5. The average Bonchev–Trinajstić information content (AvgIpc) is 3.03. The van der Waals surface area contributed by atoms with Gasteiger partial charge in [-0.1, -0.05) is 51.5 Å². The van der Waals surface area contributed by atoms with Gasteiger partial charge in [0.25, 0.3) is 0 Å². The van der Waals surface area contributed by atoms with Gasteiger partial charge >= 0.3 is 5.97 Å². The third-order valence-corrected chi connectivity index (χ3v) is 3.70. The summed E-state index contributed by atoms with van der Waals surface area (Å²) in [7, 11) is 0. The van der Waals surface area contributed by atoms with E-state index < -0.39 is 5.97 Å². The minimum atomic E-state index is -0.832. The average molecular weight is 238 g/mol. The van der Waals surface area contributed by atoms with Crippen LogP contribution in [0.4, 0.5) is 0 Å². The van der Waals surface area contributed by atoms with E-state index in [4.69, 9.17) is 5.11 Å². The first-order chi connectivity index (χ1) is 8.24. The van der Waals surface area contributed by atoms with Crippen LogP contribution in [0, 0.1) is 11.8 Å². The molecule has 0 aromatic heterocycles. The highest BCUT2D eigenvalue weighted by Crippen LogP contribution is 2.45. The Kier molecular flexibility index (Phi) is 6.99. The molecule has 0 saturated heterocycles. The lowest BCUT2D eigenvalue weighted by Gasteiger charge is -1.99. The summed E-state index contributed by atoms with van der Waals surface area (Å²) in [5.41, 5.74) is 0. The van der Waals surface area contributed by atoms with Crippen LogP contribution in [-0.4, -0.2) is 11.1 Å². The van der Waals surface area contributed by atoms with Crippen LogP contribution in [0.5, 0.6) is 0 Å². The van der Waals surface area contributed by atoms with Gasteiger partial charge in [-0.3, -0.25) is 0 Å². The van der Waals surface area contributed by atoms with E-state index in [2.05, 4.69) is 6.92 Å². The zero-order valence-electron chi connectivity index (χ0n) is 11.0. The molecule has 0 aromatic rings. The number of carboxylic acids is 1. The van der Waals surface area contributed by atoms with Gasteiger partial charge in [0.15, 0.2) is 0 Å². The molecule has 1 aliphatic rings. The summed E-state index contributed by atoms with van der Waals surface area (Å²) in [6.07, 6.45) is 14.7. The molecule has 0 radical (unpaired) electrons. The number of aliphatic carboxylic acids is 1. The van der Waals surface area contributed by atoms with Gasteiger partial charge < -0.3 is 5.11 Å². The van der Waals surface area contributed by atoms with E-state index >= 15 is 0 Å². The second-order valence-corrected chi connectivity index (χ2v) is 5.28. The number of hydrogen-bond donors (Lipinski definition) is 1. The second-order valence-electron chi connectivity index (χ2n) is 5.28. The summed E-state index contributed by atoms with van der Waals surface area (Å²) in [5.74, 6) is 1.24. The molecule has 0 aromatic carbocycles. The normalized spacial score (nSPS) is 23.1. The molecule has 0 spiro atoms. The van der Waals surface area contributed by atoms with Crippen LogP contribution in [-0.2, 0) is 4.79 Å². The molecule has 2 unspecified atom stereocenters. The van der Waals surface area contributed by atoms with E-state index in [9.17, 15) is 4.79 Å². The molecule has 2 nitrogen and oxygen atoms in total. The topological polar surface area (TPSA) is 37.3 Å². The van der Waals surface area contributed by atoms with Crippen LogP contribution in [0.3, 0.4) is 0 Å². The fraction of sp³-hybridized carbons (Fsp3) is 0.800. The molecule has 1 aliphatic carbocycles. The molecule has 2 atom stereocenters. The standard InChI is InChI=1S/C15H26O2/c1-2-3-9-13-12-14(13)10-7-5-4-6-8-11-15(16)17/h8,11,13-14H,2-7,9-10,12H2,1H3,(H,16,17)/b11-8-. The van der Waals surface area contributed by atoms with E-state index in [0.717, 1.165) is 24.7 Å². The van der Waals surface area contributed by atoms with Crippen molar-refractivity contribution >= 4 is 5.97 Å². The van der Waals surface area contributed by atoms with Gasteiger partial charge in [-0.15, -0.1) is 0 Å². The van der Waals surface area contributed by atoms with Crippen molar-refractivity contribution in [2.75, 3.05) is 0 Å². The Morgan fingerprint density at radius 1 is 1.18 bits per heavy atom. The van der Waals surface area contributed by atoms with Crippen molar-refractivity contribution in [3.63, 3.8) is 0 Å². The molecule has 1 N–H and O–H groups in total. The van der Waals surface area contributed by atoms with Crippen molar-refractivity contribution < 1.29 is 9.90 Å². The van der Waals surface area contributed by atoms with E-state index in [1.54, 1.807) is 6.08 Å². The number of carboxylic acid groups (broad SMARTS) is 1. The molecular formula is C15H26O2. The largest absolute Gasteiger partial charge is 0.478 e. The van der Waals surface area contributed by atoms with Crippen molar-refractivity contribution in [1.82, 2.24) is 0 Å². The van der Waals surface area contributed by atoms with Crippen LogP contribution in [0.1, 0.15) is 64.7 Å². The maximum Gasteiger partial charge on any atom is 0.327 e. The van der Waals surface area contributed by atoms with Crippen LogP contribution < -0.4 is 0 Å². The minimum absolute atomic E-state index is 0.832. The molecule has 1 fully saturated rings. The SMILES string of the molecule is CCCCC1CC1CCCCC/C=C\C(=O)O. The lowest BCUT2D eigenvalue weighted by Crippen LogP contribution is -1.86. The third-order valence-electron chi connectivity index (χ3n) is 3.70. The Bertz CT molecular complexity index is 245. The van der Waals surface area contributed by atoms with Gasteiger partial charge in [-0.25, -0.2) is 4.79 Å². The molecule has 0 amide bonds. The van der Waals surface area contributed by atoms with Gasteiger partial charge in [0.2, 0.25) is 0 Å². The minimum Gasteiger partial charge on any atom is -0.478 e. The van der Waals surface area contributed by atoms with Gasteiger partial charge in [0.05, 0.1) is 0 Å². The Balaban J connectivity index is 1.84. The molecule has 0 bridgehead atoms. The van der Waals surface area contributed by atoms with Gasteiger partial charge in [-0.05, 0) is 31.1 Å². The summed E-state index contributed by atoms with van der Waals surface area (Å²) in [6, 6.07) is 0.